The van der Waals surface area contributed by atoms with Crippen LogP contribution in [-0.4, -0.2) is 48.7 Å². The van der Waals surface area contributed by atoms with Crippen LogP contribution < -0.4 is 0 Å². The zero-order chi connectivity index (χ0) is 12.3. The van der Waals surface area contributed by atoms with Gasteiger partial charge in [0, 0.05) is 26.0 Å². The van der Waals surface area contributed by atoms with Gasteiger partial charge >= 0.3 is 0 Å². The summed E-state index contributed by atoms with van der Waals surface area (Å²) in [6, 6.07) is -0.368. The van der Waals surface area contributed by atoms with E-state index in [4.69, 9.17) is 4.74 Å². The Balaban J connectivity index is 2.83. The quantitative estimate of drug-likeness (QED) is 0.722. The minimum atomic E-state index is -0.956. The number of halogens is 1. The molecule has 4 heteroatoms. The molecule has 0 aromatic heterocycles. The summed E-state index contributed by atoms with van der Waals surface area (Å²) in [4.78, 5) is 13.7. The summed E-state index contributed by atoms with van der Waals surface area (Å²) in [6.07, 6.45) is -0.165. The van der Waals surface area contributed by atoms with Crippen molar-refractivity contribution in [2.45, 2.75) is 57.9 Å². The van der Waals surface area contributed by atoms with Gasteiger partial charge in [0.1, 0.15) is 12.0 Å². The van der Waals surface area contributed by atoms with Crippen molar-refractivity contribution in [3.05, 3.63) is 0 Å². The lowest BCUT2D eigenvalue weighted by Gasteiger charge is -2.32. The average molecular weight is 231 g/mol. The van der Waals surface area contributed by atoms with Gasteiger partial charge in [0.25, 0.3) is 0 Å². The van der Waals surface area contributed by atoms with Gasteiger partial charge in [0.15, 0.2) is 0 Å². The van der Waals surface area contributed by atoms with Gasteiger partial charge in [-0.05, 0) is 13.8 Å². The number of rotatable bonds is 5. The van der Waals surface area contributed by atoms with Crippen LogP contribution in [-0.2, 0) is 9.53 Å². The highest BCUT2D eigenvalue weighted by Crippen LogP contribution is 2.30. The van der Waals surface area contributed by atoms with Gasteiger partial charge in [-0.3, -0.25) is 9.69 Å². The molecule has 0 N–H and O–H groups in total. The Morgan fingerprint density at radius 3 is 2.62 bits per heavy atom. The van der Waals surface area contributed by atoms with Crippen LogP contribution in [0.4, 0.5) is 4.39 Å². The minimum absolute atomic E-state index is 0.134. The van der Waals surface area contributed by atoms with E-state index in [0.717, 1.165) is 0 Å². The molecule has 3 nitrogen and oxygen atoms in total. The second-order valence-corrected chi connectivity index (χ2v) is 4.65. The topological polar surface area (TPSA) is 29.5 Å². The zero-order valence-electron chi connectivity index (χ0n) is 10.6. The standard InChI is InChI=1S/C12H22FNO2/c1-5-12(15)10-6-9(13)11(7-16-4)14(10)8(2)3/h8-11H,5-7H2,1-4H3/t9-,10+,11+/m1/s1. The highest BCUT2D eigenvalue weighted by molar-refractivity contribution is 5.84. The number of carbonyl (C=O) groups excluding carboxylic acids is 1. The maximum atomic E-state index is 13.9. The van der Waals surface area contributed by atoms with Crippen molar-refractivity contribution in [2.24, 2.45) is 0 Å². The van der Waals surface area contributed by atoms with E-state index in [0.29, 0.717) is 19.4 Å². The Labute approximate surface area is 96.9 Å². The number of carbonyl (C=O) groups is 1. The molecule has 1 saturated heterocycles. The summed E-state index contributed by atoms with van der Waals surface area (Å²) < 4.78 is 18.9. The largest absolute Gasteiger partial charge is 0.383 e. The molecule has 0 spiro atoms. The SMILES string of the molecule is CCC(=O)[C@@H]1C[C@@H](F)[C@H](COC)N1C(C)C. The van der Waals surface area contributed by atoms with Crippen LogP contribution in [0.2, 0.25) is 0 Å². The van der Waals surface area contributed by atoms with E-state index in [1.807, 2.05) is 25.7 Å². The number of likely N-dealkylation sites (tertiary alicyclic amines) is 1. The van der Waals surface area contributed by atoms with Crippen molar-refractivity contribution < 1.29 is 13.9 Å². The minimum Gasteiger partial charge on any atom is -0.383 e. The maximum absolute atomic E-state index is 13.9. The molecule has 94 valence electrons. The molecule has 0 aromatic rings. The summed E-state index contributed by atoms with van der Waals surface area (Å²) in [7, 11) is 1.57. The van der Waals surface area contributed by atoms with Crippen LogP contribution >= 0.6 is 0 Å². The first-order chi connectivity index (χ1) is 7.52. The molecule has 1 heterocycles. The second kappa shape index (κ2) is 5.73. The van der Waals surface area contributed by atoms with E-state index in [1.165, 1.54) is 0 Å². The van der Waals surface area contributed by atoms with Gasteiger partial charge in [-0.15, -0.1) is 0 Å². The molecule has 1 rings (SSSR count). The summed E-state index contributed by atoms with van der Waals surface area (Å²) in [5.41, 5.74) is 0. The molecule has 0 aliphatic carbocycles. The molecule has 1 aliphatic rings. The highest BCUT2D eigenvalue weighted by atomic mass is 19.1. The first kappa shape index (κ1) is 13.6. The van der Waals surface area contributed by atoms with Crippen LogP contribution in [0.5, 0.6) is 0 Å². The summed E-state index contributed by atoms with van der Waals surface area (Å²) >= 11 is 0. The Morgan fingerprint density at radius 1 is 1.56 bits per heavy atom. The molecule has 0 amide bonds. The second-order valence-electron chi connectivity index (χ2n) is 4.65. The molecule has 0 aromatic carbocycles. The predicted octanol–water partition coefficient (Wildman–Crippen LogP) is 1.80. The van der Waals surface area contributed by atoms with E-state index >= 15 is 0 Å². The predicted molar refractivity (Wildman–Crippen MR) is 61.2 cm³/mol. The van der Waals surface area contributed by atoms with Gasteiger partial charge < -0.3 is 4.74 Å². The third-order valence-corrected chi connectivity index (χ3v) is 3.26. The number of ether oxygens (including phenoxy) is 1. The van der Waals surface area contributed by atoms with Gasteiger partial charge in [-0.2, -0.15) is 0 Å². The van der Waals surface area contributed by atoms with Crippen molar-refractivity contribution in [3.63, 3.8) is 0 Å². The number of hydrogen-bond acceptors (Lipinski definition) is 3. The van der Waals surface area contributed by atoms with Crippen molar-refractivity contribution >= 4 is 5.78 Å². The Morgan fingerprint density at radius 2 is 2.19 bits per heavy atom. The molecule has 3 atom stereocenters. The van der Waals surface area contributed by atoms with Crippen LogP contribution in [0.25, 0.3) is 0 Å². The van der Waals surface area contributed by atoms with E-state index < -0.39 is 6.17 Å². The van der Waals surface area contributed by atoms with Crippen LogP contribution in [0.3, 0.4) is 0 Å². The first-order valence-corrected chi connectivity index (χ1v) is 5.96. The average Bonchev–Trinajstić information content (AvgIpc) is 2.56. The Bertz CT molecular complexity index is 245. The number of Topliss-reactive ketones (excluding diaryl/α,β-unsaturated/α-hetero) is 1. The summed E-state index contributed by atoms with van der Waals surface area (Å²) in [6.45, 7) is 6.18. The van der Waals surface area contributed by atoms with Gasteiger partial charge in [0.05, 0.1) is 18.7 Å². The summed E-state index contributed by atoms with van der Waals surface area (Å²) in [5.74, 6) is 0.134. The van der Waals surface area contributed by atoms with E-state index in [1.54, 1.807) is 7.11 Å². The number of ketones is 1. The lowest BCUT2D eigenvalue weighted by atomic mass is 10.1. The molecule has 0 radical (unpaired) electrons. The lowest BCUT2D eigenvalue weighted by molar-refractivity contribution is -0.124. The molecule has 0 bridgehead atoms. The van der Waals surface area contributed by atoms with Crippen molar-refractivity contribution in [1.82, 2.24) is 4.90 Å². The van der Waals surface area contributed by atoms with Crippen molar-refractivity contribution in [2.75, 3.05) is 13.7 Å². The maximum Gasteiger partial charge on any atom is 0.149 e. The molecule has 1 fully saturated rings. The van der Waals surface area contributed by atoms with Crippen molar-refractivity contribution in [1.29, 1.82) is 0 Å². The third kappa shape index (κ3) is 2.61. The fourth-order valence-electron chi connectivity index (χ4n) is 2.55. The van der Waals surface area contributed by atoms with E-state index in [-0.39, 0.29) is 23.9 Å². The third-order valence-electron chi connectivity index (χ3n) is 3.26. The molecular formula is C12H22FNO2. The molecular weight excluding hydrogens is 209 g/mol. The van der Waals surface area contributed by atoms with Gasteiger partial charge in [0.2, 0.25) is 0 Å². The zero-order valence-corrected chi connectivity index (χ0v) is 10.6. The normalized spacial score (nSPS) is 31.2. The Kier molecular flexibility index (Phi) is 4.87. The molecule has 0 unspecified atom stereocenters. The van der Waals surface area contributed by atoms with Crippen LogP contribution in [0.1, 0.15) is 33.6 Å². The monoisotopic (exact) mass is 231 g/mol. The van der Waals surface area contributed by atoms with Crippen molar-refractivity contribution in [3.8, 4) is 0 Å². The van der Waals surface area contributed by atoms with Gasteiger partial charge in [-0.25, -0.2) is 4.39 Å². The van der Waals surface area contributed by atoms with Crippen LogP contribution in [0.15, 0.2) is 0 Å². The molecule has 0 saturated carbocycles. The van der Waals surface area contributed by atoms with Crippen LogP contribution in [0, 0.1) is 0 Å². The number of nitrogens with zero attached hydrogens (tertiary/aromatic N) is 1. The molecule has 1 aliphatic heterocycles. The van der Waals surface area contributed by atoms with Gasteiger partial charge in [-0.1, -0.05) is 6.92 Å². The number of methoxy groups -OCH3 is 1. The highest BCUT2D eigenvalue weighted by Gasteiger charge is 2.45. The summed E-state index contributed by atoms with van der Waals surface area (Å²) in [5, 5.41) is 0. The van der Waals surface area contributed by atoms with E-state index in [2.05, 4.69) is 0 Å². The smallest absolute Gasteiger partial charge is 0.149 e. The Hall–Kier alpha value is -0.480. The fraction of sp³-hybridized carbons (Fsp3) is 0.917. The first-order valence-electron chi connectivity index (χ1n) is 5.96. The molecule has 16 heavy (non-hydrogen) atoms. The number of hydrogen-bond donors (Lipinski definition) is 0. The fourth-order valence-corrected chi connectivity index (χ4v) is 2.55. The van der Waals surface area contributed by atoms with E-state index in [9.17, 15) is 9.18 Å². The number of alkyl halides is 1. The lowest BCUT2D eigenvalue weighted by Crippen LogP contribution is -2.47.